The molecule has 0 saturated carbocycles. The molecule has 4 rings (SSSR count). The fourth-order valence-corrected chi connectivity index (χ4v) is 4.14. The topological polar surface area (TPSA) is 72.5 Å². The van der Waals surface area contributed by atoms with Crippen molar-refractivity contribution in [2.24, 2.45) is 0 Å². The first kappa shape index (κ1) is 22.8. The number of nitrogens with one attached hydrogen (secondary N) is 1. The van der Waals surface area contributed by atoms with Gasteiger partial charge in [0.2, 0.25) is 5.91 Å². The van der Waals surface area contributed by atoms with Crippen molar-refractivity contribution in [3.63, 3.8) is 0 Å². The van der Waals surface area contributed by atoms with Gasteiger partial charge in [0.1, 0.15) is 17.0 Å². The quantitative estimate of drug-likeness (QED) is 0.390. The maximum Gasteiger partial charge on any atom is 0.339 e. The largest absolute Gasteiger partial charge is 0.464 e. The summed E-state index contributed by atoms with van der Waals surface area (Å²) in [7, 11) is 0. The molecule has 4 aromatic rings. The molecule has 0 spiro atoms. The zero-order chi connectivity index (χ0) is 23.8. The van der Waals surface area contributed by atoms with E-state index in [1.54, 1.807) is 30.5 Å². The van der Waals surface area contributed by atoms with E-state index in [0.717, 1.165) is 21.9 Å². The van der Waals surface area contributed by atoms with Crippen LogP contribution in [0.5, 0.6) is 0 Å². The molecule has 0 bridgehead atoms. The van der Waals surface area contributed by atoms with Gasteiger partial charge in [-0.2, -0.15) is 0 Å². The van der Waals surface area contributed by atoms with E-state index in [9.17, 15) is 14.0 Å². The number of amides is 1. The highest BCUT2D eigenvalue weighted by molar-refractivity contribution is 5.96. The van der Waals surface area contributed by atoms with Gasteiger partial charge < -0.3 is 14.2 Å². The highest BCUT2D eigenvalue weighted by Gasteiger charge is 2.21. The van der Waals surface area contributed by atoms with Crippen LogP contribution in [0.4, 0.5) is 4.39 Å². The standard InChI is InChI=1S/C27H28FNO4/c1-16-18(9-10-25(30)29-12-11-17-7-5-6-8-22(17)28)26(31)33-24-14-23-20(13-19(16)24)21(15-32-23)27(2,3)4/h5-8,13-15H,9-12H2,1-4H3,(H,29,30). The Bertz CT molecular complexity index is 1390. The minimum absolute atomic E-state index is 0.0912. The summed E-state index contributed by atoms with van der Waals surface area (Å²) in [5.74, 6) is -0.469. The van der Waals surface area contributed by atoms with Gasteiger partial charge in [-0.3, -0.25) is 4.79 Å². The smallest absolute Gasteiger partial charge is 0.339 e. The predicted molar refractivity (Wildman–Crippen MR) is 127 cm³/mol. The molecule has 0 aliphatic heterocycles. The molecule has 0 aliphatic carbocycles. The first-order valence-corrected chi connectivity index (χ1v) is 11.1. The molecule has 0 radical (unpaired) electrons. The summed E-state index contributed by atoms with van der Waals surface area (Å²) in [4.78, 5) is 25.0. The van der Waals surface area contributed by atoms with Gasteiger partial charge in [0.25, 0.3) is 0 Å². The monoisotopic (exact) mass is 449 g/mol. The summed E-state index contributed by atoms with van der Waals surface area (Å²) in [5, 5.41) is 4.63. The fraction of sp³-hybridized carbons (Fsp3) is 0.333. The summed E-state index contributed by atoms with van der Waals surface area (Å²) < 4.78 is 25.0. The Morgan fingerprint density at radius 2 is 1.82 bits per heavy atom. The number of hydrogen-bond acceptors (Lipinski definition) is 4. The lowest BCUT2D eigenvalue weighted by Gasteiger charge is -2.16. The van der Waals surface area contributed by atoms with Crippen LogP contribution in [-0.4, -0.2) is 12.5 Å². The number of carbonyl (C=O) groups excluding carboxylic acids is 1. The van der Waals surface area contributed by atoms with Gasteiger partial charge in [-0.25, -0.2) is 9.18 Å². The lowest BCUT2D eigenvalue weighted by Crippen LogP contribution is -2.26. The molecule has 1 amide bonds. The van der Waals surface area contributed by atoms with Crippen LogP contribution in [0.3, 0.4) is 0 Å². The zero-order valence-corrected chi connectivity index (χ0v) is 19.4. The van der Waals surface area contributed by atoms with Crippen LogP contribution in [-0.2, 0) is 23.1 Å². The second-order valence-corrected chi connectivity index (χ2v) is 9.43. The van der Waals surface area contributed by atoms with E-state index in [1.165, 1.54) is 6.07 Å². The number of rotatable bonds is 6. The Balaban J connectivity index is 1.51. The summed E-state index contributed by atoms with van der Waals surface area (Å²) in [5.41, 5.74) is 3.56. The van der Waals surface area contributed by atoms with E-state index >= 15 is 0 Å². The Hall–Kier alpha value is -3.41. The van der Waals surface area contributed by atoms with Crippen LogP contribution in [0, 0.1) is 12.7 Å². The maximum atomic E-state index is 13.7. The highest BCUT2D eigenvalue weighted by atomic mass is 19.1. The number of furan rings is 1. The molecule has 2 aromatic carbocycles. The van der Waals surface area contributed by atoms with Crippen LogP contribution in [0.25, 0.3) is 21.9 Å². The van der Waals surface area contributed by atoms with Gasteiger partial charge in [-0.05, 0) is 48.4 Å². The molecule has 1 N–H and O–H groups in total. The number of hydrogen-bond donors (Lipinski definition) is 1. The number of fused-ring (bicyclic) bond motifs is 2. The van der Waals surface area contributed by atoms with Crippen molar-refractivity contribution in [1.82, 2.24) is 5.32 Å². The van der Waals surface area contributed by atoms with Crippen molar-refractivity contribution in [3.05, 3.63) is 81.2 Å². The lowest BCUT2D eigenvalue weighted by molar-refractivity contribution is -0.121. The molecule has 2 aromatic heterocycles. The molecule has 0 saturated heterocycles. The first-order chi connectivity index (χ1) is 15.6. The molecule has 0 atom stereocenters. The maximum absolute atomic E-state index is 13.7. The number of benzene rings is 2. The third-order valence-electron chi connectivity index (χ3n) is 6.07. The van der Waals surface area contributed by atoms with Crippen molar-refractivity contribution in [2.75, 3.05) is 6.54 Å². The Morgan fingerprint density at radius 1 is 1.06 bits per heavy atom. The fourth-order valence-electron chi connectivity index (χ4n) is 4.14. The van der Waals surface area contributed by atoms with E-state index in [-0.39, 0.29) is 30.0 Å². The Kier molecular flexibility index (Phi) is 6.11. The van der Waals surface area contributed by atoms with E-state index in [2.05, 4.69) is 26.1 Å². The summed E-state index contributed by atoms with van der Waals surface area (Å²) >= 11 is 0. The minimum Gasteiger partial charge on any atom is -0.464 e. The zero-order valence-electron chi connectivity index (χ0n) is 19.4. The van der Waals surface area contributed by atoms with Gasteiger partial charge >= 0.3 is 5.63 Å². The second-order valence-electron chi connectivity index (χ2n) is 9.43. The SMILES string of the molecule is Cc1c(CCC(=O)NCCc2ccccc2F)c(=O)oc2cc3occ(C(C)(C)C)c3cc12. The molecule has 5 nitrogen and oxygen atoms in total. The molecular weight excluding hydrogens is 421 g/mol. The molecule has 6 heteroatoms. The van der Waals surface area contributed by atoms with Crippen LogP contribution >= 0.6 is 0 Å². The lowest BCUT2D eigenvalue weighted by atomic mass is 9.86. The number of aryl methyl sites for hydroxylation is 1. The summed E-state index contributed by atoms with van der Waals surface area (Å²) in [6, 6.07) is 10.3. The predicted octanol–water partition coefficient (Wildman–Crippen LogP) is 5.58. The van der Waals surface area contributed by atoms with Crippen molar-refractivity contribution < 1.29 is 18.0 Å². The van der Waals surface area contributed by atoms with E-state index in [0.29, 0.717) is 35.3 Å². The second kappa shape index (κ2) is 8.85. The van der Waals surface area contributed by atoms with Crippen LogP contribution in [0.2, 0.25) is 0 Å². The summed E-state index contributed by atoms with van der Waals surface area (Å²) in [6.45, 7) is 8.58. The normalized spacial score (nSPS) is 11.9. The van der Waals surface area contributed by atoms with Crippen LogP contribution < -0.4 is 10.9 Å². The van der Waals surface area contributed by atoms with Crippen LogP contribution in [0.1, 0.15) is 49.4 Å². The summed E-state index contributed by atoms with van der Waals surface area (Å²) in [6.07, 6.45) is 2.58. The average molecular weight is 450 g/mol. The Labute approximate surface area is 191 Å². The van der Waals surface area contributed by atoms with E-state index < -0.39 is 5.63 Å². The van der Waals surface area contributed by atoms with Crippen LogP contribution in [0.15, 0.2) is 56.3 Å². The van der Waals surface area contributed by atoms with E-state index in [1.807, 2.05) is 13.0 Å². The van der Waals surface area contributed by atoms with Gasteiger partial charge in [0.05, 0.1) is 6.26 Å². The molecule has 2 heterocycles. The average Bonchev–Trinajstić information content (AvgIpc) is 3.17. The van der Waals surface area contributed by atoms with Gasteiger partial charge in [0.15, 0.2) is 0 Å². The third-order valence-corrected chi connectivity index (χ3v) is 6.07. The number of halogens is 1. The first-order valence-electron chi connectivity index (χ1n) is 11.1. The van der Waals surface area contributed by atoms with Crippen molar-refractivity contribution in [3.8, 4) is 0 Å². The molecule has 0 aliphatic rings. The Morgan fingerprint density at radius 3 is 2.55 bits per heavy atom. The third kappa shape index (κ3) is 4.70. The van der Waals surface area contributed by atoms with Crippen molar-refractivity contribution in [2.45, 2.75) is 52.4 Å². The number of carbonyl (C=O) groups is 1. The molecular formula is C27H28FNO4. The molecule has 0 fully saturated rings. The molecule has 0 unspecified atom stereocenters. The highest BCUT2D eigenvalue weighted by Crippen LogP contribution is 2.35. The van der Waals surface area contributed by atoms with Gasteiger partial charge in [-0.1, -0.05) is 39.0 Å². The molecule has 33 heavy (non-hydrogen) atoms. The van der Waals surface area contributed by atoms with Crippen molar-refractivity contribution >= 4 is 27.8 Å². The van der Waals surface area contributed by atoms with E-state index in [4.69, 9.17) is 8.83 Å². The molecule has 172 valence electrons. The van der Waals surface area contributed by atoms with Gasteiger partial charge in [-0.15, -0.1) is 0 Å². The van der Waals surface area contributed by atoms with Crippen molar-refractivity contribution in [1.29, 1.82) is 0 Å². The van der Waals surface area contributed by atoms with Gasteiger partial charge in [0, 0.05) is 40.9 Å². The minimum atomic E-state index is -0.443.